The first-order chi connectivity index (χ1) is 17.9. The molecule has 0 unspecified atom stereocenters. The standard InChI is InChI=1S/C27H34Cl3N3O4S/c1-18-22(28)10-6-11-25(18)33(38(3,36)37)15-7-12-26(34)32(17-20-13-14-23(29)24(30)16-20)19(2)27(35)31-21-8-4-5-9-21/h6,10-11,13-14,16,19,21H,4-5,7-9,12,15,17H2,1-3H3,(H,31,35)/t19-/m1/s1. The zero-order chi connectivity index (χ0) is 28.0. The van der Waals surface area contributed by atoms with E-state index in [0.29, 0.717) is 26.3 Å². The minimum Gasteiger partial charge on any atom is -0.352 e. The number of amides is 2. The number of nitrogens with one attached hydrogen (secondary N) is 1. The van der Waals surface area contributed by atoms with Gasteiger partial charge < -0.3 is 10.2 Å². The number of sulfonamides is 1. The Morgan fingerprint density at radius 3 is 2.37 bits per heavy atom. The molecule has 1 N–H and O–H groups in total. The van der Waals surface area contributed by atoms with Gasteiger partial charge in [0.05, 0.1) is 22.0 Å². The van der Waals surface area contributed by atoms with E-state index in [1.165, 1.54) is 9.21 Å². The van der Waals surface area contributed by atoms with Crippen LogP contribution >= 0.6 is 34.8 Å². The molecule has 0 aliphatic heterocycles. The number of halogens is 3. The highest BCUT2D eigenvalue weighted by Gasteiger charge is 2.29. The van der Waals surface area contributed by atoms with Gasteiger partial charge in [-0.2, -0.15) is 0 Å². The predicted octanol–water partition coefficient (Wildman–Crippen LogP) is 5.98. The molecule has 1 aliphatic rings. The number of rotatable bonds is 11. The first-order valence-corrected chi connectivity index (χ1v) is 15.6. The van der Waals surface area contributed by atoms with Gasteiger partial charge in [0.15, 0.2) is 0 Å². The Morgan fingerprint density at radius 1 is 1.05 bits per heavy atom. The van der Waals surface area contributed by atoms with E-state index >= 15 is 0 Å². The summed E-state index contributed by atoms with van der Waals surface area (Å²) in [6, 6.07) is 9.58. The van der Waals surface area contributed by atoms with Crippen molar-refractivity contribution in [2.45, 2.75) is 71.0 Å². The Labute approximate surface area is 240 Å². The Morgan fingerprint density at radius 2 is 1.74 bits per heavy atom. The van der Waals surface area contributed by atoms with Crippen LogP contribution in [0.4, 0.5) is 5.69 Å². The van der Waals surface area contributed by atoms with Gasteiger partial charge in [-0.3, -0.25) is 13.9 Å². The summed E-state index contributed by atoms with van der Waals surface area (Å²) in [5, 5.41) is 4.29. The van der Waals surface area contributed by atoms with Gasteiger partial charge in [0.1, 0.15) is 6.04 Å². The van der Waals surface area contributed by atoms with Gasteiger partial charge in [-0.15, -0.1) is 0 Å². The van der Waals surface area contributed by atoms with Crippen molar-refractivity contribution in [3.8, 4) is 0 Å². The molecule has 2 aromatic carbocycles. The van der Waals surface area contributed by atoms with E-state index in [0.717, 1.165) is 37.5 Å². The van der Waals surface area contributed by atoms with Crippen LogP contribution in [0, 0.1) is 6.92 Å². The molecule has 0 spiro atoms. The molecule has 0 radical (unpaired) electrons. The van der Waals surface area contributed by atoms with E-state index in [-0.39, 0.29) is 43.8 Å². The Bertz CT molecular complexity index is 1270. The van der Waals surface area contributed by atoms with Crippen LogP contribution < -0.4 is 9.62 Å². The molecule has 208 valence electrons. The van der Waals surface area contributed by atoms with Crippen LogP contribution in [0.5, 0.6) is 0 Å². The van der Waals surface area contributed by atoms with E-state index in [2.05, 4.69) is 5.32 Å². The first-order valence-electron chi connectivity index (χ1n) is 12.6. The molecule has 11 heteroatoms. The van der Waals surface area contributed by atoms with Crippen LogP contribution in [0.1, 0.15) is 56.6 Å². The fourth-order valence-electron chi connectivity index (χ4n) is 4.66. The van der Waals surface area contributed by atoms with Gasteiger partial charge >= 0.3 is 0 Å². The number of hydrogen-bond acceptors (Lipinski definition) is 4. The largest absolute Gasteiger partial charge is 0.352 e. The quantitative estimate of drug-likeness (QED) is 0.343. The van der Waals surface area contributed by atoms with Crippen molar-refractivity contribution >= 4 is 62.3 Å². The Balaban J connectivity index is 1.76. The number of nitrogens with zero attached hydrogens (tertiary/aromatic N) is 2. The summed E-state index contributed by atoms with van der Waals surface area (Å²) in [5.41, 5.74) is 1.86. The van der Waals surface area contributed by atoms with Crippen LogP contribution in [0.15, 0.2) is 36.4 Å². The molecule has 0 aromatic heterocycles. The summed E-state index contributed by atoms with van der Waals surface area (Å²) in [4.78, 5) is 28.1. The zero-order valence-corrected chi connectivity index (χ0v) is 24.9. The highest BCUT2D eigenvalue weighted by atomic mass is 35.5. The Kier molecular flexibility index (Phi) is 10.7. The molecule has 2 aromatic rings. The van der Waals surface area contributed by atoms with Gasteiger partial charge in [0.2, 0.25) is 21.8 Å². The van der Waals surface area contributed by atoms with Crippen molar-refractivity contribution in [3.63, 3.8) is 0 Å². The predicted molar refractivity (Wildman–Crippen MR) is 154 cm³/mol. The van der Waals surface area contributed by atoms with Gasteiger partial charge in [-0.1, -0.05) is 59.8 Å². The molecule has 7 nitrogen and oxygen atoms in total. The highest BCUT2D eigenvalue weighted by Crippen LogP contribution is 2.29. The second kappa shape index (κ2) is 13.4. The fraction of sp³-hybridized carbons (Fsp3) is 0.481. The van der Waals surface area contributed by atoms with Crippen LogP contribution in [0.3, 0.4) is 0 Å². The van der Waals surface area contributed by atoms with Crippen LogP contribution in [-0.4, -0.2) is 50.0 Å². The van der Waals surface area contributed by atoms with Crippen molar-refractivity contribution in [2.24, 2.45) is 0 Å². The van der Waals surface area contributed by atoms with Crippen molar-refractivity contribution in [2.75, 3.05) is 17.1 Å². The van der Waals surface area contributed by atoms with Crippen molar-refractivity contribution in [1.29, 1.82) is 0 Å². The van der Waals surface area contributed by atoms with E-state index in [9.17, 15) is 18.0 Å². The number of anilines is 1. The zero-order valence-electron chi connectivity index (χ0n) is 21.8. The van der Waals surface area contributed by atoms with Crippen molar-refractivity contribution < 1.29 is 18.0 Å². The van der Waals surface area contributed by atoms with Gasteiger partial charge in [0, 0.05) is 30.6 Å². The molecule has 0 bridgehead atoms. The van der Waals surface area contributed by atoms with E-state index in [1.807, 2.05) is 0 Å². The summed E-state index contributed by atoms with van der Waals surface area (Å²) in [7, 11) is -3.62. The summed E-state index contributed by atoms with van der Waals surface area (Å²) >= 11 is 18.5. The lowest BCUT2D eigenvalue weighted by atomic mass is 10.1. The normalized spacial score (nSPS) is 14.8. The summed E-state index contributed by atoms with van der Waals surface area (Å²) in [6.45, 7) is 3.72. The Hall–Kier alpha value is -2.00. The topological polar surface area (TPSA) is 86.8 Å². The maximum Gasteiger partial charge on any atom is 0.242 e. The van der Waals surface area contributed by atoms with Gasteiger partial charge in [-0.05, 0) is 68.5 Å². The minimum absolute atomic E-state index is 0.0496. The van der Waals surface area contributed by atoms with Crippen molar-refractivity contribution in [1.82, 2.24) is 10.2 Å². The molecule has 0 saturated heterocycles. The van der Waals surface area contributed by atoms with Gasteiger partial charge in [-0.25, -0.2) is 8.42 Å². The fourth-order valence-corrected chi connectivity index (χ4v) is 6.16. The maximum absolute atomic E-state index is 13.5. The second-order valence-electron chi connectivity index (χ2n) is 9.76. The third kappa shape index (κ3) is 8.01. The smallest absolute Gasteiger partial charge is 0.242 e. The third-order valence-corrected chi connectivity index (χ3v) is 9.19. The van der Waals surface area contributed by atoms with E-state index in [1.54, 1.807) is 50.2 Å². The molecule has 1 saturated carbocycles. The molecular weight excluding hydrogens is 569 g/mol. The van der Waals surface area contributed by atoms with Gasteiger partial charge in [0.25, 0.3) is 0 Å². The minimum atomic E-state index is -3.62. The molecular formula is C27H34Cl3N3O4S. The van der Waals surface area contributed by atoms with Crippen LogP contribution in [-0.2, 0) is 26.2 Å². The summed E-state index contributed by atoms with van der Waals surface area (Å²) in [6.07, 6.45) is 5.46. The third-order valence-electron chi connectivity index (χ3n) is 6.87. The maximum atomic E-state index is 13.5. The molecule has 0 heterocycles. The monoisotopic (exact) mass is 601 g/mol. The molecule has 1 atom stereocenters. The van der Waals surface area contributed by atoms with E-state index in [4.69, 9.17) is 34.8 Å². The molecule has 1 fully saturated rings. The molecule has 1 aliphatic carbocycles. The van der Waals surface area contributed by atoms with E-state index < -0.39 is 16.1 Å². The van der Waals surface area contributed by atoms with Crippen LogP contribution in [0.2, 0.25) is 15.1 Å². The second-order valence-corrected chi connectivity index (χ2v) is 12.9. The van der Waals surface area contributed by atoms with Crippen LogP contribution in [0.25, 0.3) is 0 Å². The summed E-state index contributed by atoms with van der Waals surface area (Å²) in [5.74, 6) is -0.473. The first kappa shape index (κ1) is 30.5. The lowest BCUT2D eigenvalue weighted by molar-refractivity contribution is -0.141. The summed E-state index contributed by atoms with van der Waals surface area (Å²) < 4.78 is 26.4. The lowest BCUT2D eigenvalue weighted by Gasteiger charge is -2.30. The molecule has 2 amide bonds. The molecule has 38 heavy (non-hydrogen) atoms. The average molecular weight is 603 g/mol. The average Bonchev–Trinajstić information content (AvgIpc) is 3.36. The number of hydrogen-bond donors (Lipinski definition) is 1. The SMILES string of the molecule is Cc1c(Cl)cccc1N(CCCC(=O)N(Cc1ccc(Cl)c(Cl)c1)[C@H](C)C(=O)NC1CCCC1)S(C)(=O)=O. The molecule has 3 rings (SSSR count). The van der Waals surface area contributed by atoms with Crippen molar-refractivity contribution in [3.05, 3.63) is 62.6 Å². The number of benzene rings is 2. The number of carbonyl (C=O) groups is 2. The lowest BCUT2D eigenvalue weighted by Crippen LogP contribution is -2.49. The highest BCUT2D eigenvalue weighted by molar-refractivity contribution is 7.92. The number of carbonyl (C=O) groups excluding carboxylic acids is 2.